The molecule has 1 fully saturated rings. The number of rotatable bonds is 4. The second-order valence-electron chi connectivity index (χ2n) is 6.21. The molecule has 128 valence electrons. The van der Waals surface area contributed by atoms with E-state index in [2.05, 4.69) is 15.4 Å². The van der Waals surface area contributed by atoms with Gasteiger partial charge in [0.05, 0.1) is 24.1 Å². The van der Waals surface area contributed by atoms with Crippen molar-refractivity contribution < 1.29 is 9.18 Å². The number of hydrogen-bond donors (Lipinski definition) is 1. The summed E-state index contributed by atoms with van der Waals surface area (Å²) in [7, 11) is 0. The summed E-state index contributed by atoms with van der Waals surface area (Å²) in [5.74, 6) is -0.576. The molecule has 0 radical (unpaired) electrons. The van der Waals surface area contributed by atoms with Gasteiger partial charge in [0, 0.05) is 24.6 Å². The number of hydrogen-bond acceptors (Lipinski definition) is 3. The molecule has 2 heterocycles. The van der Waals surface area contributed by atoms with E-state index in [0.29, 0.717) is 11.3 Å². The maximum absolute atomic E-state index is 13.9. The Bertz CT molecular complexity index is 873. The Morgan fingerprint density at radius 2 is 2.16 bits per heavy atom. The Morgan fingerprint density at radius 3 is 2.96 bits per heavy atom. The average Bonchev–Trinajstić information content (AvgIpc) is 3.36. The zero-order chi connectivity index (χ0) is 17.2. The van der Waals surface area contributed by atoms with Crippen LogP contribution in [-0.4, -0.2) is 31.3 Å². The molecule has 2 atom stereocenters. The average molecular weight is 339 g/mol. The van der Waals surface area contributed by atoms with Crippen molar-refractivity contribution in [2.75, 3.05) is 0 Å². The first-order chi connectivity index (χ1) is 12.2. The molecule has 4 rings (SSSR count). The van der Waals surface area contributed by atoms with Crippen molar-refractivity contribution in [1.29, 1.82) is 0 Å². The second-order valence-corrected chi connectivity index (χ2v) is 6.21. The highest BCUT2D eigenvalue weighted by Gasteiger charge is 2.30. The Balaban J connectivity index is 1.49. The summed E-state index contributed by atoms with van der Waals surface area (Å²) in [5.41, 5.74) is 0.734. The molecule has 1 N–H and O–H groups in total. The number of benzene rings is 1. The lowest BCUT2D eigenvalue weighted by molar-refractivity contribution is 0.0929. The maximum Gasteiger partial charge on any atom is 0.254 e. The van der Waals surface area contributed by atoms with Crippen molar-refractivity contribution in [2.24, 2.45) is 0 Å². The number of amides is 1. The number of aromatic nitrogens is 4. The fourth-order valence-corrected chi connectivity index (χ4v) is 3.39. The summed E-state index contributed by atoms with van der Waals surface area (Å²) in [6.07, 6.45) is 11.5. The number of carbonyl (C=O) groups excluding carboxylic acids is 1. The van der Waals surface area contributed by atoms with Gasteiger partial charge in [-0.2, -0.15) is 5.10 Å². The zero-order valence-corrected chi connectivity index (χ0v) is 13.5. The molecule has 6 nitrogen and oxygen atoms in total. The van der Waals surface area contributed by atoms with Gasteiger partial charge in [-0.05, 0) is 31.4 Å². The zero-order valence-electron chi connectivity index (χ0n) is 13.5. The highest BCUT2D eigenvalue weighted by Crippen LogP contribution is 2.30. The molecule has 1 amide bonds. The first kappa shape index (κ1) is 15.6. The topological polar surface area (TPSA) is 64.7 Å². The quantitative estimate of drug-likeness (QED) is 0.795. The van der Waals surface area contributed by atoms with E-state index in [-0.39, 0.29) is 23.8 Å². The number of para-hydroxylation sites is 1. The Kier molecular flexibility index (Phi) is 4.05. The van der Waals surface area contributed by atoms with Gasteiger partial charge in [-0.3, -0.25) is 4.79 Å². The van der Waals surface area contributed by atoms with E-state index in [4.69, 9.17) is 0 Å². The van der Waals surface area contributed by atoms with E-state index in [1.54, 1.807) is 36.9 Å². The van der Waals surface area contributed by atoms with Crippen LogP contribution >= 0.6 is 0 Å². The van der Waals surface area contributed by atoms with Crippen LogP contribution in [0.25, 0.3) is 5.69 Å². The van der Waals surface area contributed by atoms with Gasteiger partial charge in [0.25, 0.3) is 5.91 Å². The first-order valence-electron chi connectivity index (χ1n) is 8.30. The number of nitrogens with one attached hydrogen (secondary N) is 1. The van der Waals surface area contributed by atoms with Crippen LogP contribution in [0, 0.1) is 5.82 Å². The summed E-state index contributed by atoms with van der Waals surface area (Å²) in [6.45, 7) is 0. The molecule has 0 bridgehead atoms. The van der Waals surface area contributed by atoms with E-state index < -0.39 is 0 Å². The molecule has 0 spiro atoms. The minimum atomic E-state index is -0.381. The van der Waals surface area contributed by atoms with Crippen molar-refractivity contribution in [3.8, 4) is 5.69 Å². The van der Waals surface area contributed by atoms with Crippen LogP contribution in [0.5, 0.6) is 0 Å². The van der Waals surface area contributed by atoms with Gasteiger partial charge in [0.15, 0.2) is 0 Å². The predicted octanol–water partition coefficient (Wildman–Crippen LogP) is 2.73. The van der Waals surface area contributed by atoms with Gasteiger partial charge in [0.2, 0.25) is 0 Å². The lowest BCUT2D eigenvalue weighted by Crippen LogP contribution is -2.38. The molecule has 0 unspecified atom stereocenters. The van der Waals surface area contributed by atoms with E-state index in [1.165, 1.54) is 16.9 Å². The van der Waals surface area contributed by atoms with Gasteiger partial charge in [-0.25, -0.2) is 14.1 Å². The van der Waals surface area contributed by atoms with E-state index in [1.807, 2.05) is 10.8 Å². The maximum atomic E-state index is 13.9. The third kappa shape index (κ3) is 3.05. The minimum absolute atomic E-state index is 0.0542. The van der Waals surface area contributed by atoms with Crippen LogP contribution in [0.15, 0.2) is 55.4 Å². The van der Waals surface area contributed by atoms with Crippen LogP contribution in [0.3, 0.4) is 0 Å². The van der Waals surface area contributed by atoms with Crippen LogP contribution in [0.4, 0.5) is 4.39 Å². The molecule has 1 aliphatic carbocycles. The molecule has 1 aromatic carbocycles. The SMILES string of the molecule is O=C(N[C@@H]1CCC[C@@H]1n1ccnc1)c1cnn(-c2ccccc2F)c1. The van der Waals surface area contributed by atoms with E-state index >= 15 is 0 Å². The molecule has 3 aromatic rings. The lowest BCUT2D eigenvalue weighted by atomic mass is 10.1. The molecule has 7 heteroatoms. The summed E-state index contributed by atoms with van der Waals surface area (Å²) in [5, 5.41) is 7.19. The Hall–Kier alpha value is -2.96. The molecule has 1 aliphatic rings. The fourth-order valence-electron chi connectivity index (χ4n) is 3.39. The molecular weight excluding hydrogens is 321 g/mol. The molecule has 25 heavy (non-hydrogen) atoms. The van der Waals surface area contributed by atoms with Crippen molar-refractivity contribution in [2.45, 2.75) is 31.3 Å². The van der Waals surface area contributed by atoms with Gasteiger partial charge in [0.1, 0.15) is 11.5 Å². The highest BCUT2D eigenvalue weighted by atomic mass is 19.1. The number of nitrogens with zero attached hydrogens (tertiary/aromatic N) is 4. The number of carbonyl (C=O) groups is 1. The van der Waals surface area contributed by atoms with Crippen LogP contribution in [0.1, 0.15) is 35.7 Å². The Morgan fingerprint density at radius 1 is 1.28 bits per heavy atom. The first-order valence-corrected chi connectivity index (χ1v) is 8.30. The van der Waals surface area contributed by atoms with E-state index in [9.17, 15) is 9.18 Å². The lowest BCUT2D eigenvalue weighted by Gasteiger charge is -2.21. The molecular formula is C18H18FN5O. The smallest absolute Gasteiger partial charge is 0.254 e. The third-order valence-corrected chi connectivity index (χ3v) is 4.65. The molecule has 0 saturated heterocycles. The van der Waals surface area contributed by atoms with Crippen molar-refractivity contribution >= 4 is 5.91 Å². The van der Waals surface area contributed by atoms with Crippen molar-refractivity contribution in [1.82, 2.24) is 24.6 Å². The van der Waals surface area contributed by atoms with Gasteiger partial charge in [-0.15, -0.1) is 0 Å². The summed E-state index contributed by atoms with van der Waals surface area (Å²) >= 11 is 0. The van der Waals surface area contributed by atoms with Crippen LogP contribution in [0.2, 0.25) is 0 Å². The summed E-state index contributed by atoms with van der Waals surface area (Å²) in [6, 6.07) is 6.60. The summed E-state index contributed by atoms with van der Waals surface area (Å²) < 4.78 is 17.3. The van der Waals surface area contributed by atoms with Gasteiger partial charge in [-0.1, -0.05) is 12.1 Å². The van der Waals surface area contributed by atoms with Crippen molar-refractivity contribution in [3.05, 3.63) is 66.8 Å². The number of halogens is 1. The largest absolute Gasteiger partial charge is 0.347 e. The Labute approximate surface area is 144 Å². The van der Waals surface area contributed by atoms with Crippen molar-refractivity contribution in [3.63, 3.8) is 0 Å². The third-order valence-electron chi connectivity index (χ3n) is 4.65. The van der Waals surface area contributed by atoms with Gasteiger partial charge >= 0.3 is 0 Å². The predicted molar refractivity (Wildman–Crippen MR) is 89.9 cm³/mol. The normalized spacial score (nSPS) is 19.9. The summed E-state index contributed by atoms with van der Waals surface area (Å²) in [4.78, 5) is 16.6. The molecule has 1 saturated carbocycles. The highest BCUT2D eigenvalue weighted by molar-refractivity contribution is 5.94. The minimum Gasteiger partial charge on any atom is -0.347 e. The molecule has 0 aliphatic heterocycles. The standard InChI is InChI=1S/C18H18FN5O/c19-14-4-1-2-6-16(14)24-11-13(10-21-24)18(25)22-15-5-3-7-17(15)23-9-8-20-12-23/h1-2,4,6,8-12,15,17H,3,5,7H2,(H,22,25)/t15-,17+/m1/s1. The van der Waals surface area contributed by atoms with Crippen LogP contribution in [-0.2, 0) is 0 Å². The second kappa shape index (κ2) is 6.51. The van der Waals surface area contributed by atoms with E-state index in [0.717, 1.165) is 19.3 Å². The van der Waals surface area contributed by atoms with Gasteiger partial charge < -0.3 is 9.88 Å². The molecule has 2 aromatic heterocycles. The monoisotopic (exact) mass is 339 g/mol. The number of imidazole rings is 1. The fraction of sp³-hybridized carbons (Fsp3) is 0.278. The van der Waals surface area contributed by atoms with Crippen LogP contribution < -0.4 is 5.32 Å².